The summed E-state index contributed by atoms with van der Waals surface area (Å²) in [5, 5.41) is 14.0. The molecule has 0 aliphatic carbocycles. The van der Waals surface area contributed by atoms with Gasteiger partial charge < -0.3 is 5.11 Å². The molecule has 0 aliphatic rings. The summed E-state index contributed by atoms with van der Waals surface area (Å²) in [6.45, 7) is 4.95. The van der Waals surface area contributed by atoms with Crippen LogP contribution in [0.15, 0.2) is 48.5 Å². The Morgan fingerprint density at radius 3 is 2.37 bits per heavy atom. The maximum Gasteiger partial charge on any atom is 0.336 e. The number of benzene rings is 2. The predicted octanol–water partition coefficient (Wildman–Crippen LogP) is 4.60. The Balaban J connectivity index is 1.84. The Labute approximate surface area is 159 Å². The van der Waals surface area contributed by atoms with E-state index in [9.17, 15) is 9.90 Å². The summed E-state index contributed by atoms with van der Waals surface area (Å²) in [7, 11) is 0. The topological polar surface area (TPSA) is 68.0 Å². The van der Waals surface area contributed by atoms with Crippen molar-refractivity contribution in [1.29, 1.82) is 0 Å². The standard InChI is InChI=1S/C22H25N3O2/c1-3-7-20-23-21(8-4-2)25(24-20)15-16-11-13-17(14-12-16)18-9-5-6-10-19(18)22(26)27/h5-6,9-14H,3-4,7-8,15H2,1-2H3,(H,26,27). The third-order valence-corrected chi connectivity index (χ3v) is 4.49. The molecule has 1 heterocycles. The van der Waals surface area contributed by atoms with Gasteiger partial charge in [0, 0.05) is 12.8 Å². The first kappa shape index (κ1) is 18.8. The molecule has 27 heavy (non-hydrogen) atoms. The fourth-order valence-electron chi connectivity index (χ4n) is 3.17. The molecule has 140 valence electrons. The van der Waals surface area contributed by atoms with E-state index in [1.807, 2.05) is 41.1 Å². The molecule has 0 fully saturated rings. The van der Waals surface area contributed by atoms with E-state index in [1.54, 1.807) is 12.1 Å². The Hall–Kier alpha value is -2.95. The molecule has 5 nitrogen and oxygen atoms in total. The summed E-state index contributed by atoms with van der Waals surface area (Å²) in [4.78, 5) is 16.1. The number of nitrogens with zero attached hydrogens (tertiary/aromatic N) is 3. The molecule has 0 radical (unpaired) electrons. The van der Waals surface area contributed by atoms with Crippen LogP contribution in [0.2, 0.25) is 0 Å². The number of hydrogen-bond donors (Lipinski definition) is 1. The molecule has 0 bridgehead atoms. The minimum Gasteiger partial charge on any atom is -0.478 e. The monoisotopic (exact) mass is 363 g/mol. The van der Waals surface area contributed by atoms with E-state index in [4.69, 9.17) is 0 Å². The van der Waals surface area contributed by atoms with Gasteiger partial charge in [-0.2, -0.15) is 5.10 Å². The van der Waals surface area contributed by atoms with Crippen molar-refractivity contribution in [1.82, 2.24) is 14.8 Å². The van der Waals surface area contributed by atoms with Gasteiger partial charge in [-0.25, -0.2) is 14.5 Å². The lowest BCUT2D eigenvalue weighted by molar-refractivity contribution is 0.0697. The molecular formula is C22H25N3O2. The molecule has 3 rings (SSSR count). The van der Waals surface area contributed by atoms with E-state index in [-0.39, 0.29) is 0 Å². The molecular weight excluding hydrogens is 338 g/mol. The number of aromatic carboxylic acids is 1. The van der Waals surface area contributed by atoms with Crippen molar-refractivity contribution in [2.75, 3.05) is 0 Å². The van der Waals surface area contributed by atoms with Gasteiger partial charge in [0.2, 0.25) is 0 Å². The highest BCUT2D eigenvalue weighted by molar-refractivity contribution is 5.95. The average Bonchev–Trinajstić information content (AvgIpc) is 3.04. The minimum absolute atomic E-state index is 0.316. The maximum absolute atomic E-state index is 11.4. The smallest absolute Gasteiger partial charge is 0.336 e. The van der Waals surface area contributed by atoms with Crippen molar-refractivity contribution < 1.29 is 9.90 Å². The van der Waals surface area contributed by atoms with Crippen molar-refractivity contribution in [3.63, 3.8) is 0 Å². The number of hydrogen-bond acceptors (Lipinski definition) is 3. The van der Waals surface area contributed by atoms with Gasteiger partial charge in [-0.05, 0) is 35.6 Å². The molecule has 0 unspecified atom stereocenters. The lowest BCUT2D eigenvalue weighted by Crippen LogP contribution is -2.07. The van der Waals surface area contributed by atoms with Crippen LogP contribution in [0.4, 0.5) is 0 Å². The van der Waals surface area contributed by atoms with Gasteiger partial charge in [0.25, 0.3) is 0 Å². The number of carboxylic acid groups (broad SMARTS) is 1. The maximum atomic E-state index is 11.4. The summed E-state index contributed by atoms with van der Waals surface area (Å²) in [6.07, 6.45) is 3.89. The van der Waals surface area contributed by atoms with E-state index in [0.29, 0.717) is 12.1 Å². The summed E-state index contributed by atoms with van der Waals surface area (Å²) >= 11 is 0. The lowest BCUT2D eigenvalue weighted by Gasteiger charge is -2.09. The van der Waals surface area contributed by atoms with Crippen LogP contribution in [-0.2, 0) is 19.4 Å². The van der Waals surface area contributed by atoms with Gasteiger partial charge >= 0.3 is 5.97 Å². The van der Waals surface area contributed by atoms with E-state index in [0.717, 1.165) is 54.0 Å². The summed E-state index contributed by atoms with van der Waals surface area (Å²) in [6, 6.07) is 15.1. The van der Waals surface area contributed by atoms with Crippen LogP contribution in [0.5, 0.6) is 0 Å². The molecule has 0 amide bonds. The van der Waals surface area contributed by atoms with Crippen molar-refractivity contribution >= 4 is 5.97 Å². The van der Waals surface area contributed by atoms with Crippen LogP contribution >= 0.6 is 0 Å². The van der Waals surface area contributed by atoms with E-state index < -0.39 is 5.97 Å². The van der Waals surface area contributed by atoms with Crippen LogP contribution in [0.25, 0.3) is 11.1 Å². The number of carboxylic acids is 1. The van der Waals surface area contributed by atoms with Crippen molar-refractivity contribution in [3.05, 3.63) is 71.3 Å². The first-order chi connectivity index (χ1) is 13.1. The molecule has 0 saturated heterocycles. The summed E-state index contributed by atoms with van der Waals surface area (Å²) in [5.41, 5.74) is 3.07. The minimum atomic E-state index is -0.912. The van der Waals surface area contributed by atoms with Gasteiger partial charge in [-0.1, -0.05) is 56.3 Å². The fourth-order valence-corrected chi connectivity index (χ4v) is 3.17. The van der Waals surface area contributed by atoms with E-state index in [2.05, 4.69) is 23.9 Å². The Bertz CT molecular complexity index is 914. The summed E-state index contributed by atoms with van der Waals surface area (Å²) in [5.74, 6) is 1.03. The van der Waals surface area contributed by atoms with Crippen LogP contribution in [0, 0.1) is 0 Å². The largest absolute Gasteiger partial charge is 0.478 e. The third kappa shape index (κ3) is 4.42. The molecule has 3 aromatic rings. The zero-order valence-electron chi connectivity index (χ0n) is 15.9. The zero-order valence-corrected chi connectivity index (χ0v) is 15.9. The Morgan fingerprint density at radius 2 is 1.70 bits per heavy atom. The quantitative estimate of drug-likeness (QED) is 0.635. The van der Waals surface area contributed by atoms with Gasteiger partial charge in [0.15, 0.2) is 5.82 Å². The predicted molar refractivity (Wildman–Crippen MR) is 106 cm³/mol. The van der Waals surface area contributed by atoms with Crippen LogP contribution in [-0.4, -0.2) is 25.8 Å². The second-order valence-corrected chi connectivity index (χ2v) is 6.65. The summed E-state index contributed by atoms with van der Waals surface area (Å²) < 4.78 is 1.99. The lowest BCUT2D eigenvalue weighted by atomic mass is 9.99. The van der Waals surface area contributed by atoms with Gasteiger partial charge in [-0.15, -0.1) is 0 Å². The number of aromatic nitrogens is 3. The second-order valence-electron chi connectivity index (χ2n) is 6.65. The Morgan fingerprint density at radius 1 is 1.00 bits per heavy atom. The molecule has 1 aromatic heterocycles. The highest BCUT2D eigenvalue weighted by Gasteiger charge is 2.12. The highest BCUT2D eigenvalue weighted by atomic mass is 16.4. The SMILES string of the molecule is CCCc1nc(CCC)n(Cc2ccc(-c3ccccc3C(=O)O)cc2)n1. The van der Waals surface area contributed by atoms with Gasteiger partial charge in [0.05, 0.1) is 12.1 Å². The normalized spacial score (nSPS) is 10.9. The molecule has 2 aromatic carbocycles. The van der Waals surface area contributed by atoms with Crippen molar-refractivity contribution in [2.24, 2.45) is 0 Å². The average molecular weight is 363 g/mol. The Kier molecular flexibility index (Phi) is 6.01. The molecule has 1 N–H and O–H groups in total. The fraction of sp³-hybridized carbons (Fsp3) is 0.318. The molecule has 0 aliphatic heterocycles. The van der Waals surface area contributed by atoms with Crippen LogP contribution in [0.1, 0.15) is 54.3 Å². The van der Waals surface area contributed by atoms with E-state index in [1.165, 1.54) is 0 Å². The second kappa shape index (κ2) is 8.62. The van der Waals surface area contributed by atoms with Gasteiger partial charge in [-0.3, -0.25) is 0 Å². The van der Waals surface area contributed by atoms with Crippen LogP contribution < -0.4 is 0 Å². The third-order valence-electron chi connectivity index (χ3n) is 4.49. The number of aryl methyl sites for hydroxylation is 2. The molecule has 0 saturated carbocycles. The van der Waals surface area contributed by atoms with Crippen LogP contribution in [0.3, 0.4) is 0 Å². The molecule has 0 atom stereocenters. The molecule has 0 spiro atoms. The first-order valence-corrected chi connectivity index (χ1v) is 9.46. The number of rotatable bonds is 8. The van der Waals surface area contributed by atoms with E-state index >= 15 is 0 Å². The zero-order chi connectivity index (χ0) is 19.2. The molecule has 5 heteroatoms. The van der Waals surface area contributed by atoms with Crippen molar-refractivity contribution in [2.45, 2.75) is 46.1 Å². The first-order valence-electron chi connectivity index (χ1n) is 9.46. The number of carbonyl (C=O) groups is 1. The van der Waals surface area contributed by atoms with Crippen molar-refractivity contribution in [3.8, 4) is 11.1 Å². The van der Waals surface area contributed by atoms with Gasteiger partial charge in [0.1, 0.15) is 5.82 Å². The highest BCUT2D eigenvalue weighted by Crippen LogP contribution is 2.24.